The molecule has 0 saturated heterocycles. The molecule has 2 aromatic heterocycles. The first kappa shape index (κ1) is 24.0. The predicted molar refractivity (Wildman–Crippen MR) is 114 cm³/mol. The van der Waals surface area contributed by atoms with E-state index in [4.69, 9.17) is 9.47 Å². The van der Waals surface area contributed by atoms with E-state index in [2.05, 4.69) is 20.5 Å². The minimum absolute atomic E-state index is 0.0246. The molecular weight excluding hydrogens is 439 g/mol. The van der Waals surface area contributed by atoms with Crippen LogP contribution >= 0.6 is 0 Å². The van der Waals surface area contributed by atoms with Crippen molar-refractivity contribution in [2.75, 3.05) is 12.4 Å². The number of carbonyl (C=O) groups excluding carboxylic acids is 1. The number of aromatic nitrogens is 4. The molecule has 1 atom stereocenters. The highest BCUT2D eigenvalue weighted by atomic mass is 19.4. The fraction of sp³-hybridized carbons (Fsp3) is 0.364. The van der Waals surface area contributed by atoms with E-state index in [-0.39, 0.29) is 23.8 Å². The average molecular weight is 463 g/mol. The standard InChI is InChI=1S/C22H24F3N5O3/c1-4-14(2)29-19-6-5-16(12-17(19)21(31)32-3)33-20-18(22(23,24)25)11-15(13-26-20)7-10-30-27-8-9-28-30/h5-6,8-9,11-14,29H,4,7,10H2,1-3H3/t14-/m0/s1. The molecule has 3 aromatic rings. The minimum atomic E-state index is -4.69. The smallest absolute Gasteiger partial charge is 0.421 e. The van der Waals surface area contributed by atoms with E-state index in [0.29, 0.717) is 17.8 Å². The highest BCUT2D eigenvalue weighted by Gasteiger charge is 2.36. The van der Waals surface area contributed by atoms with Crippen LogP contribution in [0.2, 0.25) is 0 Å². The van der Waals surface area contributed by atoms with Crippen molar-refractivity contribution in [1.29, 1.82) is 0 Å². The summed E-state index contributed by atoms with van der Waals surface area (Å²) in [4.78, 5) is 17.5. The Labute approximate surface area is 188 Å². The summed E-state index contributed by atoms with van der Waals surface area (Å²) in [5.41, 5.74) is -0.0208. The molecule has 0 fully saturated rings. The van der Waals surface area contributed by atoms with Crippen LogP contribution in [0.4, 0.5) is 18.9 Å². The molecule has 176 valence electrons. The second-order valence-corrected chi connectivity index (χ2v) is 7.32. The molecule has 0 saturated carbocycles. The molecule has 1 aromatic carbocycles. The van der Waals surface area contributed by atoms with E-state index in [1.54, 1.807) is 6.07 Å². The van der Waals surface area contributed by atoms with E-state index in [9.17, 15) is 18.0 Å². The summed E-state index contributed by atoms with van der Waals surface area (Å²) in [6, 6.07) is 5.42. The summed E-state index contributed by atoms with van der Waals surface area (Å²) < 4.78 is 51.4. The zero-order valence-corrected chi connectivity index (χ0v) is 18.4. The molecule has 0 radical (unpaired) electrons. The number of nitrogens with zero attached hydrogens (tertiary/aromatic N) is 4. The third-order valence-corrected chi connectivity index (χ3v) is 4.91. The largest absolute Gasteiger partial charge is 0.465 e. The second-order valence-electron chi connectivity index (χ2n) is 7.32. The van der Waals surface area contributed by atoms with Gasteiger partial charge in [-0.3, -0.25) is 0 Å². The van der Waals surface area contributed by atoms with Crippen molar-refractivity contribution in [3.63, 3.8) is 0 Å². The molecule has 2 heterocycles. The number of carbonyl (C=O) groups is 1. The van der Waals surface area contributed by atoms with Crippen LogP contribution in [0.3, 0.4) is 0 Å². The Balaban J connectivity index is 1.88. The van der Waals surface area contributed by atoms with Gasteiger partial charge in [0.2, 0.25) is 5.88 Å². The molecule has 0 unspecified atom stereocenters. The maximum absolute atomic E-state index is 13.7. The number of alkyl halides is 3. The molecule has 33 heavy (non-hydrogen) atoms. The Morgan fingerprint density at radius 2 is 1.94 bits per heavy atom. The number of anilines is 1. The van der Waals surface area contributed by atoms with Gasteiger partial charge in [-0.25, -0.2) is 9.78 Å². The van der Waals surface area contributed by atoms with Gasteiger partial charge in [0.25, 0.3) is 0 Å². The lowest BCUT2D eigenvalue weighted by molar-refractivity contribution is -0.138. The Morgan fingerprint density at radius 3 is 2.58 bits per heavy atom. The lowest BCUT2D eigenvalue weighted by atomic mass is 10.1. The number of pyridine rings is 1. The number of nitrogens with one attached hydrogen (secondary N) is 1. The first-order chi connectivity index (χ1) is 15.7. The second kappa shape index (κ2) is 10.3. The van der Waals surface area contributed by atoms with E-state index in [1.165, 1.54) is 42.6 Å². The predicted octanol–water partition coefficient (Wildman–Crippen LogP) is 4.72. The molecule has 0 spiro atoms. The monoisotopic (exact) mass is 463 g/mol. The number of aryl methyl sites for hydroxylation is 2. The van der Waals surface area contributed by atoms with Gasteiger partial charge in [-0.05, 0) is 49.6 Å². The quantitative estimate of drug-likeness (QED) is 0.459. The van der Waals surface area contributed by atoms with Crippen LogP contribution in [0, 0.1) is 0 Å². The number of benzene rings is 1. The van der Waals surface area contributed by atoms with Crippen LogP contribution in [-0.4, -0.2) is 39.1 Å². The third kappa shape index (κ3) is 6.21. The van der Waals surface area contributed by atoms with Crippen molar-refractivity contribution in [3.05, 3.63) is 59.5 Å². The number of esters is 1. The molecule has 0 bridgehead atoms. The molecular formula is C22H24F3N5O3. The van der Waals surface area contributed by atoms with Gasteiger partial charge in [-0.2, -0.15) is 28.2 Å². The number of halogens is 3. The first-order valence-corrected chi connectivity index (χ1v) is 10.3. The SMILES string of the molecule is CC[C@H](C)Nc1ccc(Oc2ncc(CCn3nccn3)cc2C(F)(F)F)cc1C(=O)OC. The lowest BCUT2D eigenvalue weighted by Gasteiger charge is -2.18. The van der Waals surface area contributed by atoms with Gasteiger partial charge in [0.15, 0.2) is 0 Å². The number of rotatable bonds is 9. The molecule has 1 N–H and O–H groups in total. The van der Waals surface area contributed by atoms with Crippen molar-refractivity contribution in [1.82, 2.24) is 20.0 Å². The van der Waals surface area contributed by atoms with E-state index >= 15 is 0 Å². The van der Waals surface area contributed by atoms with Gasteiger partial charge >= 0.3 is 12.1 Å². The summed E-state index contributed by atoms with van der Waals surface area (Å²) in [5.74, 6) is -1.23. The highest BCUT2D eigenvalue weighted by Crippen LogP contribution is 2.38. The van der Waals surface area contributed by atoms with Crippen molar-refractivity contribution in [3.8, 4) is 11.6 Å². The normalized spacial score (nSPS) is 12.3. The molecule has 11 heteroatoms. The fourth-order valence-electron chi connectivity index (χ4n) is 2.98. The van der Waals surface area contributed by atoms with Crippen LogP contribution in [0.1, 0.15) is 41.8 Å². The van der Waals surface area contributed by atoms with E-state index in [1.807, 2.05) is 13.8 Å². The van der Waals surface area contributed by atoms with Crippen molar-refractivity contribution in [2.45, 2.75) is 45.5 Å². The maximum Gasteiger partial charge on any atom is 0.421 e. The van der Waals surface area contributed by atoms with Crippen LogP contribution in [0.5, 0.6) is 11.6 Å². The molecule has 0 amide bonds. The van der Waals surface area contributed by atoms with Crippen molar-refractivity contribution in [2.24, 2.45) is 0 Å². The Bertz CT molecular complexity index is 1090. The molecule has 0 aliphatic carbocycles. The van der Waals surface area contributed by atoms with Crippen molar-refractivity contribution >= 4 is 11.7 Å². The minimum Gasteiger partial charge on any atom is -0.465 e. The Kier molecular flexibility index (Phi) is 7.52. The molecule has 8 nitrogen and oxygen atoms in total. The maximum atomic E-state index is 13.7. The molecule has 3 rings (SSSR count). The highest BCUT2D eigenvalue weighted by molar-refractivity contribution is 5.96. The summed E-state index contributed by atoms with van der Waals surface area (Å²) in [6.45, 7) is 4.22. The Hall–Kier alpha value is -3.63. The van der Waals surface area contributed by atoms with E-state index < -0.39 is 23.6 Å². The van der Waals surface area contributed by atoms with Gasteiger partial charge < -0.3 is 14.8 Å². The number of hydrogen-bond acceptors (Lipinski definition) is 7. The zero-order chi connectivity index (χ0) is 24.0. The van der Waals surface area contributed by atoms with Gasteiger partial charge in [-0.1, -0.05) is 6.92 Å². The molecule has 0 aliphatic rings. The van der Waals surface area contributed by atoms with Crippen molar-refractivity contribution < 1.29 is 27.4 Å². The van der Waals surface area contributed by atoms with Crippen LogP contribution in [0.15, 0.2) is 42.9 Å². The van der Waals surface area contributed by atoms with Gasteiger partial charge in [0.1, 0.15) is 11.3 Å². The van der Waals surface area contributed by atoms with Crippen LogP contribution in [0.25, 0.3) is 0 Å². The zero-order valence-electron chi connectivity index (χ0n) is 18.4. The van der Waals surface area contributed by atoms with Gasteiger partial charge in [0, 0.05) is 17.9 Å². The third-order valence-electron chi connectivity index (χ3n) is 4.91. The summed E-state index contributed by atoms with van der Waals surface area (Å²) >= 11 is 0. The average Bonchev–Trinajstić information content (AvgIpc) is 3.31. The van der Waals surface area contributed by atoms with Crippen LogP contribution < -0.4 is 10.1 Å². The van der Waals surface area contributed by atoms with Gasteiger partial charge in [-0.15, -0.1) is 0 Å². The summed E-state index contributed by atoms with van der Waals surface area (Å²) in [6.07, 6.45) is 0.666. The summed E-state index contributed by atoms with van der Waals surface area (Å²) in [7, 11) is 1.23. The Morgan fingerprint density at radius 1 is 1.21 bits per heavy atom. The number of ether oxygens (including phenoxy) is 2. The van der Waals surface area contributed by atoms with E-state index in [0.717, 1.165) is 12.5 Å². The van der Waals surface area contributed by atoms with Crippen LogP contribution in [-0.2, 0) is 23.9 Å². The number of methoxy groups -OCH3 is 1. The number of hydrogen-bond donors (Lipinski definition) is 1. The lowest BCUT2D eigenvalue weighted by Crippen LogP contribution is -2.16. The molecule has 0 aliphatic heterocycles. The summed E-state index contributed by atoms with van der Waals surface area (Å²) in [5, 5.41) is 11.0. The first-order valence-electron chi connectivity index (χ1n) is 10.3. The fourth-order valence-corrected chi connectivity index (χ4v) is 2.98. The van der Waals surface area contributed by atoms with Gasteiger partial charge in [0.05, 0.1) is 31.6 Å². The topological polar surface area (TPSA) is 91.2 Å².